The van der Waals surface area contributed by atoms with E-state index in [-0.39, 0.29) is 11.7 Å². The summed E-state index contributed by atoms with van der Waals surface area (Å²) < 4.78 is 11.5. The average Bonchev–Trinajstić information content (AvgIpc) is 2.78. The van der Waals surface area contributed by atoms with E-state index in [1.165, 1.54) is 19.3 Å². The Morgan fingerprint density at radius 1 is 1.06 bits per heavy atom. The van der Waals surface area contributed by atoms with Crippen molar-refractivity contribution in [3.8, 4) is 0 Å². The molecule has 0 radical (unpaired) electrons. The van der Waals surface area contributed by atoms with Gasteiger partial charge in [-0.05, 0) is 37.5 Å². The molecule has 1 spiro atoms. The van der Waals surface area contributed by atoms with Gasteiger partial charge in [0.25, 0.3) is 0 Å². The molecule has 0 bridgehead atoms. The lowest BCUT2D eigenvalue weighted by Crippen LogP contribution is -2.44. The van der Waals surface area contributed by atoms with Gasteiger partial charge in [-0.15, -0.1) is 0 Å². The van der Waals surface area contributed by atoms with Crippen molar-refractivity contribution in [2.75, 3.05) is 19.8 Å². The summed E-state index contributed by atoms with van der Waals surface area (Å²) in [5.74, 6) is 1.17. The van der Waals surface area contributed by atoms with E-state index in [1.807, 2.05) is 0 Å². The van der Waals surface area contributed by atoms with E-state index in [1.54, 1.807) is 0 Å². The van der Waals surface area contributed by atoms with Crippen LogP contribution in [0.3, 0.4) is 0 Å². The topological polar surface area (TPSA) is 38.7 Å². The normalized spacial score (nSPS) is 47.5. The summed E-state index contributed by atoms with van der Waals surface area (Å²) in [5.41, 5.74) is 0.0000831. The molecule has 0 aromatic rings. The van der Waals surface area contributed by atoms with Gasteiger partial charge in [0.05, 0.1) is 18.3 Å². The molecule has 17 heavy (non-hydrogen) atoms. The van der Waals surface area contributed by atoms with E-state index in [0.717, 1.165) is 45.5 Å². The lowest BCUT2D eigenvalue weighted by atomic mass is 9.71. The lowest BCUT2D eigenvalue weighted by molar-refractivity contribution is -0.119. The molecule has 1 saturated carbocycles. The average molecular weight is 240 g/mol. The van der Waals surface area contributed by atoms with Crippen LogP contribution in [0.1, 0.15) is 44.9 Å². The van der Waals surface area contributed by atoms with Crippen molar-refractivity contribution in [1.82, 2.24) is 0 Å². The molecule has 1 aliphatic carbocycles. The van der Waals surface area contributed by atoms with Crippen LogP contribution in [0.4, 0.5) is 0 Å². The van der Waals surface area contributed by atoms with Gasteiger partial charge in [0, 0.05) is 19.6 Å². The van der Waals surface area contributed by atoms with E-state index in [0.29, 0.717) is 11.8 Å². The first-order valence-electron chi connectivity index (χ1n) is 7.19. The van der Waals surface area contributed by atoms with E-state index < -0.39 is 0 Å². The molecular formula is C14H24O3. The second-order valence-electron chi connectivity index (χ2n) is 6.10. The van der Waals surface area contributed by atoms with E-state index in [9.17, 15) is 5.11 Å². The van der Waals surface area contributed by atoms with Crippen molar-refractivity contribution >= 4 is 0 Å². The van der Waals surface area contributed by atoms with Crippen molar-refractivity contribution in [3.63, 3.8) is 0 Å². The van der Waals surface area contributed by atoms with Crippen molar-refractivity contribution in [2.24, 2.45) is 11.8 Å². The van der Waals surface area contributed by atoms with Crippen molar-refractivity contribution in [1.29, 1.82) is 0 Å². The monoisotopic (exact) mass is 240 g/mol. The Labute approximate surface area is 103 Å². The summed E-state index contributed by atoms with van der Waals surface area (Å²) in [6.45, 7) is 2.48. The molecule has 3 rings (SSSR count). The van der Waals surface area contributed by atoms with Crippen LogP contribution in [0.15, 0.2) is 0 Å². The molecule has 4 unspecified atom stereocenters. The third-order valence-corrected chi connectivity index (χ3v) is 4.99. The Bertz CT molecular complexity index is 260. The van der Waals surface area contributed by atoms with Crippen LogP contribution in [0.25, 0.3) is 0 Å². The van der Waals surface area contributed by atoms with E-state index in [4.69, 9.17) is 9.47 Å². The fraction of sp³-hybridized carbons (Fsp3) is 1.00. The number of hydrogen-bond acceptors (Lipinski definition) is 3. The number of ether oxygens (including phenoxy) is 2. The van der Waals surface area contributed by atoms with Crippen molar-refractivity contribution in [2.45, 2.75) is 56.7 Å². The minimum absolute atomic E-state index is 0.0000831. The smallest absolute Gasteiger partial charge is 0.0939 e. The van der Waals surface area contributed by atoms with Crippen LogP contribution >= 0.6 is 0 Å². The zero-order valence-electron chi connectivity index (χ0n) is 10.6. The summed E-state index contributed by atoms with van der Waals surface area (Å²) in [6, 6.07) is 0. The summed E-state index contributed by atoms with van der Waals surface area (Å²) in [4.78, 5) is 0. The van der Waals surface area contributed by atoms with Gasteiger partial charge in [0.15, 0.2) is 0 Å². The fourth-order valence-electron chi connectivity index (χ4n) is 3.98. The predicted octanol–water partition coefficient (Wildman–Crippen LogP) is 2.12. The first kappa shape index (κ1) is 11.9. The Morgan fingerprint density at radius 2 is 1.94 bits per heavy atom. The van der Waals surface area contributed by atoms with Crippen LogP contribution in [0.5, 0.6) is 0 Å². The highest BCUT2D eigenvalue weighted by Crippen LogP contribution is 2.42. The molecule has 3 nitrogen and oxygen atoms in total. The van der Waals surface area contributed by atoms with Gasteiger partial charge >= 0.3 is 0 Å². The molecule has 2 aliphatic heterocycles. The maximum absolute atomic E-state index is 10.2. The molecule has 98 valence electrons. The quantitative estimate of drug-likeness (QED) is 0.763. The maximum Gasteiger partial charge on any atom is 0.0939 e. The lowest BCUT2D eigenvalue weighted by Gasteiger charge is -2.43. The molecule has 1 N–H and O–H groups in total. The predicted molar refractivity (Wildman–Crippen MR) is 64.8 cm³/mol. The van der Waals surface area contributed by atoms with Crippen LogP contribution in [-0.2, 0) is 9.47 Å². The van der Waals surface area contributed by atoms with Crippen LogP contribution in [0, 0.1) is 11.8 Å². The molecule has 4 atom stereocenters. The number of hydrogen-bond donors (Lipinski definition) is 1. The van der Waals surface area contributed by atoms with Gasteiger partial charge < -0.3 is 14.6 Å². The van der Waals surface area contributed by atoms with E-state index in [2.05, 4.69) is 0 Å². The molecule has 2 heterocycles. The summed E-state index contributed by atoms with van der Waals surface area (Å²) >= 11 is 0. The second kappa shape index (κ2) is 4.87. The Morgan fingerprint density at radius 3 is 2.71 bits per heavy atom. The summed E-state index contributed by atoms with van der Waals surface area (Å²) in [7, 11) is 0. The zero-order chi connectivity index (χ0) is 11.7. The Balaban J connectivity index is 1.66. The summed E-state index contributed by atoms with van der Waals surface area (Å²) in [6.07, 6.45) is 7.93. The SMILES string of the molecule is OC1CCCCC1C1CCOC2(CCOC2)C1. The first-order valence-corrected chi connectivity index (χ1v) is 7.19. The largest absolute Gasteiger partial charge is 0.393 e. The maximum atomic E-state index is 10.2. The van der Waals surface area contributed by atoms with Gasteiger partial charge in [0.1, 0.15) is 0 Å². The van der Waals surface area contributed by atoms with Gasteiger partial charge in [-0.25, -0.2) is 0 Å². The van der Waals surface area contributed by atoms with Gasteiger partial charge in [0.2, 0.25) is 0 Å². The first-order chi connectivity index (χ1) is 8.29. The highest BCUT2D eigenvalue weighted by molar-refractivity contribution is 4.93. The van der Waals surface area contributed by atoms with Crippen LogP contribution < -0.4 is 0 Å². The number of aliphatic hydroxyl groups is 1. The molecule has 0 amide bonds. The fourth-order valence-corrected chi connectivity index (χ4v) is 3.98. The molecule has 2 saturated heterocycles. The molecule has 3 heteroatoms. The molecule has 0 aromatic heterocycles. The third-order valence-electron chi connectivity index (χ3n) is 4.99. The van der Waals surface area contributed by atoms with Gasteiger partial charge in [-0.2, -0.15) is 0 Å². The molecule has 3 aliphatic rings. The van der Waals surface area contributed by atoms with Gasteiger partial charge in [-0.3, -0.25) is 0 Å². The molecular weight excluding hydrogens is 216 g/mol. The highest BCUT2D eigenvalue weighted by Gasteiger charge is 2.44. The number of rotatable bonds is 1. The highest BCUT2D eigenvalue weighted by atomic mass is 16.6. The second-order valence-corrected chi connectivity index (χ2v) is 6.10. The number of aliphatic hydroxyl groups excluding tert-OH is 1. The minimum atomic E-state index is -0.0637. The Hall–Kier alpha value is -0.120. The van der Waals surface area contributed by atoms with Crippen molar-refractivity contribution in [3.05, 3.63) is 0 Å². The van der Waals surface area contributed by atoms with E-state index >= 15 is 0 Å². The zero-order valence-corrected chi connectivity index (χ0v) is 10.6. The minimum Gasteiger partial charge on any atom is -0.393 e. The molecule has 0 aromatic carbocycles. The van der Waals surface area contributed by atoms with Crippen molar-refractivity contribution < 1.29 is 14.6 Å². The van der Waals surface area contributed by atoms with Crippen LogP contribution in [-0.4, -0.2) is 36.6 Å². The third kappa shape index (κ3) is 2.38. The van der Waals surface area contributed by atoms with Gasteiger partial charge in [-0.1, -0.05) is 12.8 Å². The van der Waals surface area contributed by atoms with Crippen LogP contribution in [0.2, 0.25) is 0 Å². The summed E-state index contributed by atoms with van der Waals surface area (Å²) in [5, 5.41) is 10.2. The standard InChI is InChI=1S/C14H24O3/c15-13-4-2-1-3-12(13)11-5-7-17-14(9-11)6-8-16-10-14/h11-13,15H,1-10H2. The Kier molecular flexibility index (Phi) is 3.42. The molecule has 3 fully saturated rings.